The zero-order chi connectivity index (χ0) is 21.7. The van der Waals surface area contributed by atoms with E-state index in [1.807, 2.05) is 11.3 Å². The second-order valence-electron chi connectivity index (χ2n) is 7.91. The van der Waals surface area contributed by atoms with Crippen molar-refractivity contribution in [3.63, 3.8) is 0 Å². The third kappa shape index (κ3) is 5.72. The van der Waals surface area contributed by atoms with E-state index in [0.717, 1.165) is 31.6 Å². The van der Waals surface area contributed by atoms with E-state index >= 15 is 0 Å². The summed E-state index contributed by atoms with van der Waals surface area (Å²) >= 11 is 1.83. The Hall–Kier alpha value is -1.78. The quantitative estimate of drug-likeness (QED) is 0.647. The first kappa shape index (κ1) is 22.4. The van der Waals surface area contributed by atoms with Crippen LogP contribution in [0, 0.1) is 0 Å². The maximum absolute atomic E-state index is 12.7. The van der Waals surface area contributed by atoms with Crippen molar-refractivity contribution >= 4 is 27.3 Å². The molecule has 4 rings (SSSR count). The molecule has 0 spiro atoms. The summed E-state index contributed by atoms with van der Waals surface area (Å²) in [6.45, 7) is 5.15. The van der Waals surface area contributed by atoms with Crippen molar-refractivity contribution in [2.75, 3.05) is 45.9 Å². The van der Waals surface area contributed by atoms with E-state index in [2.05, 4.69) is 21.7 Å². The van der Waals surface area contributed by atoms with Gasteiger partial charge < -0.3 is 10.1 Å². The van der Waals surface area contributed by atoms with Gasteiger partial charge in [0.25, 0.3) is 0 Å². The number of carbonyl (C=O) groups is 1. The normalized spacial score (nSPS) is 17.9. The fourth-order valence-corrected chi connectivity index (χ4v) is 6.26. The van der Waals surface area contributed by atoms with Gasteiger partial charge in [-0.05, 0) is 47.5 Å². The number of aryl methyl sites for hydroxylation is 1. The van der Waals surface area contributed by atoms with Gasteiger partial charge in [0.1, 0.15) is 0 Å². The highest BCUT2D eigenvalue weighted by molar-refractivity contribution is 7.89. The van der Waals surface area contributed by atoms with E-state index in [4.69, 9.17) is 4.74 Å². The predicted octanol–water partition coefficient (Wildman–Crippen LogP) is 1.88. The molecule has 2 aromatic rings. The van der Waals surface area contributed by atoms with Crippen LogP contribution in [0.15, 0.2) is 40.6 Å². The van der Waals surface area contributed by atoms with Crippen molar-refractivity contribution in [1.82, 2.24) is 14.5 Å². The van der Waals surface area contributed by atoms with Gasteiger partial charge in [-0.25, -0.2) is 8.42 Å². The highest BCUT2D eigenvalue weighted by Gasteiger charge is 2.26. The van der Waals surface area contributed by atoms with Crippen molar-refractivity contribution in [1.29, 1.82) is 0 Å². The van der Waals surface area contributed by atoms with Crippen molar-refractivity contribution in [3.05, 3.63) is 51.7 Å². The number of nitrogens with one attached hydrogen (secondary N) is 1. The average molecular weight is 464 g/mol. The average Bonchev–Trinajstić information content (AvgIpc) is 3.26. The summed E-state index contributed by atoms with van der Waals surface area (Å²) in [5, 5.41) is 5.16. The summed E-state index contributed by atoms with van der Waals surface area (Å²) in [6.07, 6.45) is 2.08. The molecule has 1 amide bonds. The highest BCUT2D eigenvalue weighted by Crippen LogP contribution is 2.23. The molecule has 9 heteroatoms. The lowest BCUT2D eigenvalue weighted by atomic mass is 10.1. The van der Waals surface area contributed by atoms with Gasteiger partial charge in [0, 0.05) is 50.6 Å². The minimum absolute atomic E-state index is 0.0262. The smallest absolute Gasteiger partial charge is 0.243 e. The minimum Gasteiger partial charge on any atom is -0.379 e. The molecule has 0 saturated carbocycles. The molecule has 0 unspecified atom stereocenters. The molecular formula is C22H29N3O4S2. The van der Waals surface area contributed by atoms with Crippen molar-refractivity contribution in [2.45, 2.75) is 30.7 Å². The Labute approximate surface area is 188 Å². The lowest BCUT2D eigenvalue weighted by Crippen LogP contribution is -2.40. The minimum atomic E-state index is -3.48. The summed E-state index contributed by atoms with van der Waals surface area (Å²) < 4.78 is 32.0. The zero-order valence-corrected chi connectivity index (χ0v) is 19.2. The maximum atomic E-state index is 12.7. The number of nitrogens with zero attached hydrogens (tertiary/aromatic N) is 2. The number of amides is 1. The van der Waals surface area contributed by atoms with Crippen LogP contribution < -0.4 is 5.32 Å². The van der Waals surface area contributed by atoms with E-state index in [0.29, 0.717) is 45.7 Å². The van der Waals surface area contributed by atoms with Gasteiger partial charge in [0.2, 0.25) is 15.9 Å². The fraction of sp³-hybridized carbons (Fsp3) is 0.500. The summed E-state index contributed by atoms with van der Waals surface area (Å²) in [7, 11) is -3.48. The number of rotatable bonds is 8. The third-order valence-electron chi connectivity index (χ3n) is 5.81. The molecule has 7 nitrogen and oxygen atoms in total. The molecular weight excluding hydrogens is 434 g/mol. The second-order valence-corrected chi connectivity index (χ2v) is 10.8. The van der Waals surface area contributed by atoms with Crippen LogP contribution in [0.1, 0.15) is 22.4 Å². The monoisotopic (exact) mass is 463 g/mol. The zero-order valence-electron chi connectivity index (χ0n) is 17.6. The Morgan fingerprint density at radius 2 is 1.87 bits per heavy atom. The lowest BCUT2D eigenvalue weighted by Gasteiger charge is -2.26. The van der Waals surface area contributed by atoms with E-state index in [-0.39, 0.29) is 10.8 Å². The largest absolute Gasteiger partial charge is 0.379 e. The summed E-state index contributed by atoms with van der Waals surface area (Å²) in [4.78, 5) is 16.4. The van der Waals surface area contributed by atoms with Crippen LogP contribution in [0.25, 0.3) is 0 Å². The van der Waals surface area contributed by atoms with Crippen LogP contribution in [-0.2, 0) is 38.9 Å². The molecule has 2 aliphatic rings. The number of morpholine rings is 1. The second kappa shape index (κ2) is 10.2. The van der Waals surface area contributed by atoms with Crippen LogP contribution in [0.2, 0.25) is 0 Å². The molecule has 1 fully saturated rings. The standard InChI is InChI=1S/C22H29N3O4S2/c26-22(23-9-11-24-10-7-21-19(17-24)8-16-30-21)6-3-18-1-4-20(5-2-18)31(27,28)25-12-14-29-15-13-25/h1-2,4-5,8,16H,3,6-7,9-15,17H2,(H,23,26). The van der Waals surface area contributed by atoms with Gasteiger partial charge in [-0.15, -0.1) is 11.3 Å². The molecule has 0 atom stereocenters. The molecule has 0 radical (unpaired) electrons. The summed E-state index contributed by atoms with van der Waals surface area (Å²) in [5.74, 6) is 0.0262. The van der Waals surface area contributed by atoms with Gasteiger partial charge in [-0.2, -0.15) is 4.31 Å². The topological polar surface area (TPSA) is 79.0 Å². The molecule has 1 aromatic heterocycles. The Kier molecular flexibility index (Phi) is 7.39. The predicted molar refractivity (Wildman–Crippen MR) is 121 cm³/mol. The molecule has 1 aromatic carbocycles. The number of fused-ring (bicyclic) bond motifs is 1. The number of thiophene rings is 1. The Morgan fingerprint density at radius 1 is 1.10 bits per heavy atom. The van der Waals surface area contributed by atoms with Crippen LogP contribution in [0.3, 0.4) is 0 Å². The van der Waals surface area contributed by atoms with Crippen LogP contribution in [-0.4, -0.2) is 69.5 Å². The Morgan fingerprint density at radius 3 is 2.65 bits per heavy atom. The van der Waals surface area contributed by atoms with Crippen LogP contribution in [0.4, 0.5) is 0 Å². The Bertz CT molecular complexity index is 982. The first-order valence-corrected chi connectivity index (χ1v) is 13.1. The van der Waals surface area contributed by atoms with E-state index in [1.165, 1.54) is 14.7 Å². The van der Waals surface area contributed by atoms with Crippen molar-refractivity contribution in [2.24, 2.45) is 0 Å². The van der Waals surface area contributed by atoms with E-state index in [1.54, 1.807) is 24.3 Å². The number of hydrogen-bond donors (Lipinski definition) is 1. The van der Waals surface area contributed by atoms with Crippen molar-refractivity contribution < 1.29 is 17.9 Å². The van der Waals surface area contributed by atoms with E-state index < -0.39 is 10.0 Å². The fourth-order valence-electron chi connectivity index (χ4n) is 3.96. The van der Waals surface area contributed by atoms with Gasteiger partial charge in [0.15, 0.2) is 0 Å². The van der Waals surface area contributed by atoms with Gasteiger partial charge in [-0.1, -0.05) is 12.1 Å². The molecule has 1 N–H and O–H groups in total. The van der Waals surface area contributed by atoms with E-state index in [9.17, 15) is 13.2 Å². The van der Waals surface area contributed by atoms with Crippen LogP contribution >= 0.6 is 11.3 Å². The highest BCUT2D eigenvalue weighted by atomic mass is 32.2. The third-order valence-corrected chi connectivity index (χ3v) is 8.74. The molecule has 1 saturated heterocycles. The Balaban J connectivity index is 1.19. The molecule has 2 aliphatic heterocycles. The van der Waals surface area contributed by atoms with Gasteiger partial charge in [0.05, 0.1) is 18.1 Å². The molecule has 3 heterocycles. The molecule has 168 valence electrons. The molecule has 0 bridgehead atoms. The number of sulfonamides is 1. The van der Waals surface area contributed by atoms with Gasteiger partial charge >= 0.3 is 0 Å². The lowest BCUT2D eigenvalue weighted by molar-refractivity contribution is -0.121. The van der Waals surface area contributed by atoms with Crippen molar-refractivity contribution in [3.8, 4) is 0 Å². The number of benzene rings is 1. The summed E-state index contributed by atoms with van der Waals surface area (Å²) in [5.41, 5.74) is 2.37. The number of ether oxygens (including phenoxy) is 1. The first-order valence-electron chi connectivity index (χ1n) is 10.7. The molecule has 0 aliphatic carbocycles. The van der Waals surface area contributed by atoms with Crippen LogP contribution in [0.5, 0.6) is 0 Å². The first-order chi connectivity index (χ1) is 15.0. The number of hydrogen-bond acceptors (Lipinski definition) is 6. The number of carbonyl (C=O) groups excluding carboxylic acids is 1. The maximum Gasteiger partial charge on any atom is 0.243 e. The summed E-state index contributed by atoms with van der Waals surface area (Å²) in [6, 6.07) is 9.06. The van der Waals surface area contributed by atoms with Gasteiger partial charge in [-0.3, -0.25) is 9.69 Å². The SMILES string of the molecule is O=C(CCc1ccc(S(=O)(=O)N2CCOCC2)cc1)NCCN1CCc2sccc2C1. The molecule has 31 heavy (non-hydrogen) atoms.